The fraction of sp³-hybridized carbons (Fsp3) is 0.350. The van der Waals surface area contributed by atoms with Crippen molar-refractivity contribution in [2.75, 3.05) is 38.5 Å². The van der Waals surface area contributed by atoms with Crippen molar-refractivity contribution in [3.63, 3.8) is 0 Å². The molecule has 1 aromatic carbocycles. The zero-order valence-electron chi connectivity index (χ0n) is 16.9. The quantitative estimate of drug-likeness (QED) is 0.427. The largest absolute Gasteiger partial charge is 0.450 e. The van der Waals surface area contributed by atoms with Gasteiger partial charge in [0.15, 0.2) is 5.65 Å². The Morgan fingerprint density at radius 3 is 2.52 bits per heavy atom. The lowest BCUT2D eigenvalue weighted by Gasteiger charge is -2.34. The van der Waals surface area contributed by atoms with Crippen molar-refractivity contribution in [1.82, 2.24) is 29.5 Å². The molecule has 9 nitrogen and oxygen atoms in total. The summed E-state index contributed by atoms with van der Waals surface area (Å²) in [5.74, 6) is 0.253. The van der Waals surface area contributed by atoms with Crippen LogP contribution in [0, 0.1) is 0 Å². The number of hydrogen-bond acceptors (Lipinski definition) is 7. The molecule has 1 saturated heterocycles. The molecule has 0 unspecified atom stereocenters. The van der Waals surface area contributed by atoms with E-state index in [0.29, 0.717) is 48.5 Å². The summed E-state index contributed by atoms with van der Waals surface area (Å²) in [5, 5.41) is 6.55. The number of carbonyl (C=O) groups is 2. The van der Waals surface area contributed by atoms with Crippen molar-refractivity contribution in [1.29, 1.82) is 0 Å². The van der Waals surface area contributed by atoms with Crippen LogP contribution < -0.4 is 0 Å². The summed E-state index contributed by atoms with van der Waals surface area (Å²) in [6.07, 6.45) is 2.85. The van der Waals surface area contributed by atoms with E-state index in [2.05, 4.69) is 15.1 Å². The molecule has 0 bridgehead atoms. The van der Waals surface area contributed by atoms with E-state index < -0.39 is 0 Å². The molecule has 1 fully saturated rings. The van der Waals surface area contributed by atoms with Gasteiger partial charge in [0.05, 0.1) is 29.6 Å². The van der Waals surface area contributed by atoms with Gasteiger partial charge in [0, 0.05) is 31.2 Å². The molecular formula is C20H21ClN6O3S. The Bertz CT molecular complexity index is 1080. The number of carbonyl (C=O) groups excluding carboxylic acids is 2. The number of aromatic nitrogens is 4. The third-order valence-corrected chi connectivity index (χ3v) is 6.13. The van der Waals surface area contributed by atoms with Crippen molar-refractivity contribution in [3.05, 3.63) is 41.8 Å². The number of fused-ring (bicyclic) bond motifs is 1. The first-order valence-corrected chi connectivity index (χ1v) is 11.2. The molecule has 4 rings (SSSR count). The standard InChI is InChI=1S/C20H21ClN6O3S/c1-2-30-20(29)26-9-7-25(8-10-26)17(28)12-31-19-16-11-24-27(18(16)22-13-23-19)15-5-3-14(21)4-6-15/h3-6,11,13H,2,7-10,12H2,1H3. The number of benzene rings is 1. The molecule has 2 amide bonds. The van der Waals surface area contributed by atoms with Gasteiger partial charge in [-0.1, -0.05) is 23.4 Å². The number of amides is 2. The van der Waals surface area contributed by atoms with Gasteiger partial charge in [0.1, 0.15) is 11.4 Å². The first kappa shape index (κ1) is 21.4. The van der Waals surface area contributed by atoms with Crippen molar-refractivity contribution >= 4 is 46.4 Å². The molecule has 3 aromatic rings. The van der Waals surface area contributed by atoms with E-state index in [0.717, 1.165) is 11.1 Å². The van der Waals surface area contributed by atoms with Gasteiger partial charge in [0.2, 0.25) is 5.91 Å². The monoisotopic (exact) mass is 460 g/mol. The minimum absolute atomic E-state index is 0.00497. The van der Waals surface area contributed by atoms with Crippen LogP contribution in [0.4, 0.5) is 4.79 Å². The van der Waals surface area contributed by atoms with Gasteiger partial charge >= 0.3 is 6.09 Å². The number of nitrogens with zero attached hydrogens (tertiary/aromatic N) is 6. The van der Waals surface area contributed by atoms with Gasteiger partial charge in [-0.25, -0.2) is 19.4 Å². The molecule has 1 aliphatic rings. The molecule has 0 radical (unpaired) electrons. The van der Waals surface area contributed by atoms with E-state index in [4.69, 9.17) is 16.3 Å². The van der Waals surface area contributed by atoms with Gasteiger partial charge in [0.25, 0.3) is 0 Å². The molecule has 3 heterocycles. The maximum atomic E-state index is 12.7. The van der Waals surface area contributed by atoms with Crippen LogP contribution in [0.15, 0.2) is 41.8 Å². The van der Waals surface area contributed by atoms with Crippen LogP contribution in [-0.2, 0) is 9.53 Å². The van der Waals surface area contributed by atoms with E-state index in [1.165, 1.54) is 18.1 Å². The van der Waals surface area contributed by atoms with Gasteiger partial charge in [-0.05, 0) is 31.2 Å². The van der Waals surface area contributed by atoms with Crippen LogP contribution in [-0.4, -0.2) is 80.1 Å². The highest BCUT2D eigenvalue weighted by Crippen LogP contribution is 2.26. The predicted octanol–water partition coefficient (Wildman–Crippen LogP) is 2.86. The average molecular weight is 461 g/mol. The third-order valence-electron chi connectivity index (χ3n) is 4.89. The van der Waals surface area contributed by atoms with E-state index in [1.54, 1.807) is 39.7 Å². The molecule has 31 heavy (non-hydrogen) atoms. The van der Waals surface area contributed by atoms with Crippen LogP contribution in [0.5, 0.6) is 0 Å². The first-order chi connectivity index (χ1) is 15.1. The molecule has 162 valence electrons. The molecule has 0 atom stereocenters. The second-order valence-electron chi connectivity index (χ2n) is 6.80. The number of rotatable bonds is 5. The fourth-order valence-electron chi connectivity index (χ4n) is 3.28. The Morgan fingerprint density at radius 1 is 1.10 bits per heavy atom. The van der Waals surface area contributed by atoms with Crippen molar-refractivity contribution in [2.45, 2.75) is 11.9 Å². The fourth-order valence-corrected chi connectivity index (χ4v) is 4.27. The van der Waals surface area contributed by atoms with Crippen molar-refractivity contribution in [2.24, 2.45) is 0 Å². The number of piperazine rings is 1. The summed E-state index contributed by atoms with van der Waals surface area (Å²) in [6.45, 7) is 4.05. The molecular weight excluding hydrogens is 440 g/mol. The van der Waals surface area contributed by atoms with Crippen molar-refractivity contribution < 1.29 is 14.3 Å². The first-order valence-electron chi connectivity index (χ1n) is 9.83. The summed E-state index contributed by atoms with van der Waals surface area (Å²) < 4.78 is 6.73. The zero-order chi connectivity index (χ0) is 21.8. The maximum Gasteiger partial charge on any atom is 0.409 e. The summed E-state index contributed by atoms with van der Waals surface area (Å²) in [7, 11) is 0. The lowest BCUT2D eigenvalue weighted by Crippen LogP contribution is -2.51. The number of halogens is 1. The highest BCUT2D eigenvalue weighted by atomic mass is 35.5. The smallest absolute Gasteiger partial charge is 0.409 e. The number of thioether (sulfide) groups is 1. The Hall–Kier alpha value is -2.85. The van der Waals surface area contributed by atoms with Crippen LogP contribution >= 0.6 is 23.4 Å². The second kappa shape index (κ2) is 9.52. The Kier molecular flexibility index (Phi) is 6.57. The molecule has 11 heteroatoms. The summed E-state index contributed by atoms with van der Waals surface area (Å²) in [6, 6.07) is 7.32. The van der Waals surface area contributed by atoms with Gasteiger partial charge < -0.3 is 14.5 Å². The van der Waals surface area contributed by atoms with E-state index in [-0.39, 0.29) is 17.8 Å². The molecule has 2 aromatic heterocycles. The Balaban J connectivity index is 1.40. The zero-order valence-corrected chi connectivity index (χ0v) is 18.5. The number of ether oxygens (including phenoxy) is 1. The highest BCUT2D eigenvalue weighted by molar-refractivity contribution is 8.00. The summed E-state index contributed by atoms with van der Waals surface area (Å²) in [5.41, 5.74) is 1.50. The maximum absolute atomic E-state index is 12.7. The Labute approximate surface area is 188 Å². The number of hydrogen-bond donors (Lipinski definition) is 0. The topological polar surface area (TPSA) is 93.4 Å². The van der Waals surface area contributed by atoms with Gasteiger partial charge in [-0.15, -0.1) is 0 Å². The van der Waals surface area contributed by atoms with E-state index in [9.17, 15) is 9.59 Å². The molecule has 0 N–H and O–H groups in total. The lowest BCUT2D eigenvalue weighted by atomic mass is 10.3. The van der Waals surface area contributed by atoms with Gasteiger partial charge in [-0.3, -0.25) is 4.79 Å². The second-order valence-corrected chi connectivity index (χ2v) is 8.20. The van der Waals surface area contributed by atoms with Crippen LogP contribution in [0.25, 0.3) is 16.7 Å². The third kappa shape index (κ3) is 4.75. The average Bonchev–Trinajstić information content (AvgIpc) is 3.23. The lowest BCUT2D eigenvalue weighted by molar-refractivity contribution is -0.129. The molecule has 1 aliphatic heterocycles. The summed E-state index contributed by atoms with van der Waals surface area (Å²) in [4.78, 5) is 36.5. The molecule has 0 spiro atoms. The van der Waals surface area contributed by atoms with Gasteiger partial charge in [-0.2, -0.15) is 5.10 Å². The predicted molar refractivity (Wildman–Crippen MR) is 118 cm³/mol. The van der Waals surface area contributed by atoms with E-state index >= 15 is 0 Å². The SMILES string of the molecule is CCOC(=O)N1CCN(C(=O)CSc2ncnc3c2cnn3-c2ccc(Cl)cc2)CC1. The van der Waals surface area contributed by atoms with Crippen LogP contribution in [0.2, 0.25) is 5.02 Å². The van der Waals surface area contributed by atoms with Crippen LogP contribution in [0.3, 0.4) is 0 Å². The Morgan fingerprint density at radius 2 is 1.81 bits per heavy atom. The highest BCUT2D eigenvalue weighted by Gasteiger charge is 2.25. The molecule has 0 saturated carbocycles. The van der Waals surface area contributed by atoms with Crippen LogP contribution in [0.1, 0.15) is 6.92 Å². The minimum Gasteiger partial charge on any atom is -0.450 e. The normalized spacial score (nSPS) is 14.1. The van der Waals surface area contributed by atoms with Crippen molar-refractivity contribution in [3.8, 4) is 5.69 Å². The van der Waals surface area contributed by atoms with E-state index in [1.807, 2.05) is 12.1 Å². The molecule has 0 aliphatic carbocycles. The minimum atomic E-state index is -0.329. The summed E-state index contributed by atoms with van der Waals surface area (Å²) >= 11 is 7.32.